The predicted octanol–water partition coefficient (Wildman–Crippen LogP) is 3.16. The molecule has 2 aliphatic carbocycles. The van der Waals surface area contributed by atoms with E-state index >= 15 is 0 Å². The minimum Gasteiger partial charge on any atom is -0.0879 e. The fraction of sp³-hybridized carbons (Fsp3) is 0.636. The van der Waals surface area contributed by atoms with E-state index in [0.29, 0.717) is 5.41 Å². The third kappa shape index (κ3) is 0.885. The van der Waals surface area contributed by atoms with Crippen LogP contribution in [0.15, 0.2) is 24.3 Å². The molecule has 0 fully saturated rings. The highest BCUT2D eigenvalue weighted by molar-refractivity contribution is 5.18. The molecule has 2 aliphatic rings. The molecule has 0 aliphatic heterocycles. The van der Waals surface area contributed by atoms with Gasteiger partial charge in [0.15, 0.2) is 0 Å². The first-order valence-electron chi connectivity index (χ1n) is 4.58. The molecule has 60 valence electrons. The molecule has 0 aromatic heterocycles. The predicted molar refractivity (Wildman–Crippen MR) is 48.3 cm³/mol. The van der Waals surface area contributed by atoms with Crippen molar-refractivity contribution in [3.8, 4) is 0 Å². The van der Waals surface area contributed by atoms with Crippen LogP contribution in [-0.4, -0.2) is 0 Å². The van der Waals surface area contributed by atoms with Crippen molar-refractivity contribution < 1.29 is 0 Å². The molecular formula is C11H16. The van der Waals surface area contributed by atoms with Crippen LogP contribution < -0.4 is 0 Å². The molecule has 0 heteroatoms. The molecule has 0 spiro atoms. The van der Waals surface area contributed by atoms with Crippen molar-refractivity contribution in [2.24, 2.45) is 17.3 Å². The molecule has 0 amide bonds. The van der Waals surface area contributed by atoms with Gasteiger partial charge in [0.25, 0.3) is 0 Å². The summed E-state index contributed by atoms with van der Waals surface area (Å²) in [5.41, 5.74) is 0.481. The van der Waals surface area contributed by atoms with Crippen LogP contribution in [0.25, 0.3) is 0 Å². The lowest BCUT2D eigenvalue weighted by atomic mass is 9.67. The second-order valence-electron chi connectivity index (χ2n) is 4.15. The van der Waals surface area contributed by atoms with Gasteiger partial charge < -0.3 is 0 Å². The zero-order valence-corrected chi connectivity index (χ0v) is 7.38. The zero-order valence-electron chi connectivity index (χ0n) is 7.38. The molecule has 0 N–H and O–H groups in total. The molecule has 0 nitrogen and oxygen atoms in total. The Balaban J connectivity index is 2.33. The van der Waals surface area contributed by atoms with Crippen LogP contribution in [0, 0.1) is 17.3 Å². The van der Waals surface area contributed by atoms with E-state index in [2.05, 4.69) is 38.2 Å². The van der Waals surface area contributed by atoms with Crippen molar-refractivity contribution >= 4 is 0 Å². The molecule has 3 unspecified atom stereocenters. The first kappa shape index (κ1) is 7.15. The van der Waals surface area contributed by atoms with E-state index in [0.717, 1.165) is 11.8 Å². The normalized spacial score (nSPS) is 47.8. The largest absolute Gasteiger partial charge is 0.0879 e. The van der Waals surface area contributed by atoms with Gasteiger partial charge in [0, 0.05) is 0 Å². The highest BCUT2D eigenvalue weighted by Gasteiger charge is 2.39. The summed E-state index contributed by atoms with van der Waals surface area (Å²) < 4.78 is 0. The van der Waals surface area contributed by atoms with Crippen LogP contribution in [0.1, 0.15) is 26.7 Å². The van der Waals surface area contributed by atoms with Crippen molar-refractivity contribution in [2.75, 3.05) is 0 Å². The van der Waals surface area contributed by atoms with Crippen LogP contribution in [0.4, 0.5) is 0 Å². The Kier molecular flexibility index (Phi) is 1.45. The molecule has 0 heterocycles. The number of hydrogen-bond donors (Lipinski definition) is 0. The van der Waals surface area contributed by atoms with Gasteiger partial charge in [-0.25, -0.2) is 0 Å². The molecule has 0 aromatic carbocycles. The Labute approximate surface area is 69.0 Å². The van der Waals surface area contributed by atoms with Crippen LogP contribution in [0.2, 0.25) is 0 Å². The highest BCUT2D eigenvalue weighted by atomic mass is 14.4. The maximum absolute atomic E-state index is 2.42. The fourth-order valence-corrected chi connectivity index (χ4v) is 2.40. The molecule has 11 heavy (non-hydrogen) atoms. The summed E-state index contributed by atoms with van der Waals surface area (Å²) in [6.07, 6.45) is 12.1. The average Bonchev–Trinajstić information content (AvgIpc) is 2.34. The van der Waals surface area contributed by atoms with Gasteiger partial charge in [0.1, 0.15) is 0 Å². The van der Waals surface area contributed by atoms with Crippen molar-refractivity contribution in [1.29, 1.82) is 0 Å². The van der Waals surface area contributed by atoms with Crippen molar-refractivity contribution in [3.05, 3.63) is 24.3 Å². The number of fused-ring (bicyclic) bond motifs is 1. The molecular weight excluding hydrogens is 132 g/mol. The lowest BCUT2D eigenvalue weighted by Crippen LogP contribution is -2.30. The van der Waals surface area contributed by atoms with Gasteiger partial charge in [-0.1, -0.05) is 38.2 Å². The second kappa shape index (κ2) is 2.23. The lowest BCUT2D eigenvalue weighted by Gasteiger charge is -2.37. The highest BCUT2D eigenvalue weighted by Crippen LogP contribution is 2.48. The Bertz CT molecular complexity index is 212. The second-order valence-corrected chi connectivity index (χ2v) is 4.15. The first-order valence-corrected chi connectivity index (χ1v) is 4.58. The van der Waals surface area contributed by atoms with E-state index in [1.54, 1.807) is 0 Å². The SMILES string of the molecule is CC1C=CCC2CC=CC12C. The third-order valence-electron chi connectivity index (χ3n) is 3.60. The molecule has 0 bridgehead atoms. The van der Waals surface area contributed by atoms with Crippen LogP contribution >= 0.6 is 0 Å². The summed E-state index contributed by atoms with van der Waals surface area (Å²) in [7, 11) is 0. The van der Waals surface area contributed by atoms with E-state index in [9.17, 15) is 0 Å². The molecule has 2 rings (SSSR count). The number of rotatable bonds is 0. The summed E-state index contributed by atoms with van der Waals surface area (Å²) in [4.78, 5) is 0. The Hall–Kier alpha value is -0.520. The molecule has 0 radical (unpaired) electrons. The van der Waals surface area contributed by atoms with E-state index in [1.807, 2.05) is 0 Å². The monoisotopic (exact) mass is 148 g/mol. The van der Waals surface area contributed by atoms with E-state index < -0.39 is 0 Å². The molecule has 0 saturated heterocycles. The Morgan fingerprint density at radius 2 is 2.00 bits per heavy atom. The lowest BCUT2D eigenvalue weighted by molar-refractivity contribution is 0.204. The van der Waals surface area contributed by atoms with Crippen molar-refractivity contribution in [3.63, 3.8) is 0 Å². The molecule has 0 aromatic rings. The van der Waals surface area contributed by atoms with Crippen molar-refractivity contribution in [1.82, 2.24) is 0 Å². The van der Waals surface area contributed by atoms with Crippen LogP contribution in [0.5, 0.6) is 0 Å². The maximum atomic E-state index is 2.42. The molecule has 0 saturated carbocycles. The molecule has 3 atom stereocenters. The van der Waals surface area contributed by atoms with Gasteiger partial charge in [-0.3, -0.25) is 0 Å². The van der Waals surface area contributed by atoms with Crippen LogP contribution in [0.3, 0.4) is 0 Å². The maximum Gasteiger partial charge on any atom is -0.00523 e. The summed E-state index contributed by atoms with van der Waals surface area (Å²) in [6.45, 7) is 4.73. The van der Waals surface area contributed by atoms with Gasteiger partial charge in [-0.15, -0.1) is 0 Å². The number of hydrogen-bond acceptors (Lipinski definition) is 0. The quantitative estimate of drug-likeness (QED) is 0.463. The van der Waals surface area contributed by atoms with Crippen LogP contribution in [-0.2, 0) is 0 Å². The Morgan fingerprint density at radius 1 is 1.27 bits per heavy atom. The smallest absolute Gasteiger partial charge is 0.00523 e. The topological polar surface area (TPSA) is 0 Å². The third-order valence-corrected chi connectivity index (χ3v) is 3.60. The summed E-state index contributed by atoms with van der Waals surface area (Å²) in [5, 5.41) is 0. The van der Waals surface area contributed by atoms with E-state index in [-0.39, 0.29) is 0 Å². The Morgan fingerprint density at radius 3 is 2.73 bits per heavy atom. The van der Waals surface area contributed by atoms with Gasteiger partial charge in [0.2, 0.25) is 0 Å². The van der Waals surface area contributed by atoms with Gasteiger partial charge in [-0.2, -0.15) is 0 Å². The zero-order chi connectivity index (χ0) is 7.90. The van der Waals surface area contributed by atoms with E-state index in [1.165, 1.54) is 12.8 Å². The summed E-state index contributed by atoms with van der Waals surface area (Å²) in [6, 6.07) is 0. The minimum atomic E-state index is 0.481. The first-order chi connectivity index (χ1) is 5.23. The van der Waals surface area contributed by atoms with Gasteiger partial charge in [0.05, 0.1) is 0 Å². The van der Waals surface area contributed by atoms with E-state index in [4.69, 9.17) is 0 Å². The minimum absolute atomic E-state index is 0.481. The number of allylic oxidation sites excluding steroid dienone is 4. The van der Waals surface area contributed by atoms with Gasteiger partial charge >= 0.3 is 0 Å². The van der Waals surface area contributed by atoms with Gasteiger partial charge in [-0.05, 0) is 30.1 Å². The van der Waals surface area contributed by atoms with Crippen molar-refractivity contribution in [2.45, 2.75) is 26.7 Å². The summed E-state index contributed by atoms with van der Waals surface area (Å²) >= 11 is 0. The standard InChI is InChI=1S/C11H16/c1-9-5-3-6-10-7-4-8-11(9,10)2/h3-5,8-10H,6-7H2,1-2H3. The fourth-order valence-electron chi connectivity index (χ4n) is 2.40. The average molecular weight is 148 g/mol. The summed E-state index contributed by atoms with van der Waals surface area (Å²) in [5.74, 6) is 1.63.